The molecule has 0 aliphatic carbocycles. The second kappa shape index (κ2) is 7.57. The Bertz CT molecular complexity index is 466. The zero-order valence-corrected chi connectivity index (χ0v) is 14.0. The molecule has 0 spiro atoms. The highest BCUT2D eigenvalue weighted by molar-refractivity contribution is 6.30. The zero-order valence-electron chi connectivity index (χ0n) is 13.2. The molecule has 21 heavy (non-hydrogen) atoms. The topological polar surface area (TPSA) is 15.3 Å². The van der Waals surface area contributed by atoms with Crippen LogP contribution in [0.15, 0.2) is 18.2 Å². The summed E-state index contributed by atoms with van der Waals surface area (Å²) in [5.74, 6) is 0.405. The third-order valence-corrected chi connectivity index (χ3v) is 4.96. The molecule has 0 bridgehead atoms. The van der Waals surface area contributed by atoms with Crippen LogP contribution in [0.1, 0.15) is 39.2 Å². The van der Waals surface area contributed by atoms with Crippen LogP contribution in [-0.2, 0) is 6.54 Å². The van der Waals surface area contributed by atoms with Crippen LogP contribution in [-0.4, -0.2) is 30.1 Å². The Balaban J connectivity index is 2.15. The number of nitrogens with zero attached hydrogens (tertiary/aromatic N) is 1. The lowest BCUT2D eigenvalue weighted by Crippen LogP contribution is -2.57. The highest BCUT2D eigenvalue weighted by Gasteiger charge is 2.30. The molecule has 0 amide bonds. The first-order valence-electron chi connectivity index (χ1n) is 7.96. The van der Waals surface area contributed by atoms with E-state index in [1.54, 1.807) is 6.07 Å². The number of nitrogens with one attached hydrogen (secondary N) is 1. The van der Waals surface area contributed by atoms with Gasteiger partial charge in [-0.2, -0.15) is 0 Å². The second-order valence-corrected chi connectivity index (χ2v) is 6.57. The Morgan fingerprint density at radius 1 is 1.43 bits per heavy atom. The van der Waals surface area contributed by atoms with Crippen LogP contribution in [0.5, 0.6) is 0 Å². The van der Waals surface area contributed by atoms with E-state index >= 15 is 0 Å². The minimum Gasteiger partial charge on any atom is -0.311 e. The van der Waals surface area contributed by atoms with Crippen molar-refractivity contribution in [2.24, 2.45) is 5.92 Å². The summed E-state index contributed by atoms with van der Waals surface area (Å²) >= 11 is 5.84. The lowest BCUT2D eigenvalue weighted by molar-refractivity contribution is 0.0822. The van der Waals surface area contributed by atoms with Crippen molar-refractivity contribution in [1.29, 1.82) is 0 Å². The number of benzene rings is 1. The molecule has 1 aliphatic heterocycles. The maximum atomic E-state index is 14.1. The summed E-state index contributed by atoms with van der Waals surface area (Å²) in [4.78, 5) is 2.44. The van der Waals surface area contributed by atoms with Crippen molar-refractivity contribution >= 4 is 11.6 Å². The van der Waals surface area contributed by atoms with Crippen LogP contribution in [0.2, 0.25) is 5.02 Å². The highest BCUT2D eigenvalue weighted by Crippen LogP contribution is 2.23. The van der Waals surface area contributed by atoms with Gasteiger partial charge in [0, 0.05) is 42.3 Å². The van der Waals surface area contributed by atoms with Crippen molar-refractivity contribution in [1.82, 2.24) is 10.2 Å². The van der Waals surface area contributed by atoms with E-state index in [1.165, 1.54) is 6.07 Å². The normalized spacial score (nSPS) is 25.0. The zero-order chi connectivity index (χ0) is 15.4. The first kappa shape index (κ1) is 16.7. The fourth-order valence-electron chi connectivity index (χ4n) is 3.06. The van der Waals surface area contributed by atoms with Gasteiger partial charge in [0.15, 0.2) is 0 Å². The van der Waals surface area contributed by atoms with E-state index in [9.17, 15) is 4.39 Å². The van der Waals surface area contributed by atoms with Crippen molar-refractivity contribution in [2.75, 3.05) is 13.1 Å². The molecule has 3 unspecified atom stereocenters. The minimum absolute atomic E-state index is 0.197. The van der Waals surface area contributed by atoms with Gasteiger partial charge in [-0.1, -0.05) is 44.9 Å². The summed E-state index contributed by atoms with van der Waals surface area (Å²) in [6.45, 7) is 9.33. The molecular formula is C17H26ClFN2. The Kier molecular flexibility index (Phi) is 6.03. The van der Waals surface area contributed by atoms with E-state index in [0.29, 0.717) is 29.6 Å². The Hall–Kier alpha value is -0.640. The van der Waals surface area contributed by atoms with E-state index in [4.69, 9.17) is 11.6 Å². The molecule has 3 atom stereocenters. The second-order valence-electron chi connectivity index (χ2n) is 6.13. The van der Waals surface area contributed by atoms with E-state index in [0.717, 1.165) is 31.5 Å². The van der Waals surface area contributed by atoms with Crippen molar-refractivity contribution in [3.8, 4) is 0 Å². The number of hydrogen-bond donors (Lipinski definition) is 1. The molecule has 1 aliphatic rings. The van der Waals surface area contributed by atoms with Gasteiger partial charge in [-0.3, -0.25) is 4.90 Å². The highest BCUT2D eigenvalue weighted by atomic mass is 35.5. The molecule has 1 heterocycles. The molecule has 1 N–H and O–H groups in total. The quantitative estimate of drug-likeness (QED) is 0.881. The van der Waals surface area contributed by atoms with Gasteiger partial charge in [-0.05, 0) is 24.5 Å². The summed E-state index contributed by atoms with van der Waals surface area (Å²) in [7, 11) is 0. The molecule has 0 radical (unpaired) electrons. The Morgan fingerprint density at radius 2 is 2.19 bits per heavy atom. The molecule has 118 valence electrons. The smallest absolute Gasteiger partial charge is 0.129 e. The Labute approximate surface area is 132 Å². The maximum Gasteiger partial charge on any atom is 0.129 e. The van der Waals surface area contributed by atoms with Gasteiger partial charge in [0.2, 0.25) is 0 Å². The van der Waals surface area contributed by atoms with Gasteiger partial charge < -0.3 is 5.32 Å². The molecule has 1 saturated heterocycles. The SMILES string of the molecule is CCC1CN(Cc2ccc(Cl)cc2F)C(C(C)CC)CN1. The standard InChI is InChI=1S/C17H26ClFN2/c1-4-12(3)17-9-20-15(5-2)11-21(17)10-13-6-7-14(18)8-16(13)19/h6-8,12,15,17,20H,4-5,9-11H2,1-3H3. The molecule has 0 saturated carbocycles. The van der Waals surface area contributed by atoms with Gasteiger partial charge in [0.25, 0.3) is 0 Å². The van der Waals surface area contributed by atoms with E-state index in [2.05, 4.69) is 31.0 Å². The minimum atomic E-state index is -0.197. The average molecular weight is 313 g/mol. The molecule has 1 aromatic carbocycles. The third-order valence-electron chi connectivity index (χ3n) is 4.72. The first-order valence-corrected chi connectivity index (χ1v) is 8.34. The van der Waals surface area contributed by atoms with Crippen LogP contribution in [0.4, 0.5) is 4.39 Å². The maximum absolute atomic E-state index is 14.1. The van der Waals surface area contributed by atoms with Gasteiger partial charge in [0.05, 0.1) is 0 Å². The van der Waals surface area contributed by atoms with Gasteiger partial charge >= 0.3 is 0 Å². The lowest BCUT2D eigenvalue weighted by atomic mass is 9.93. The fraction of sp³-hybridized carbons (Fsp3) is 0.647. The fourth-order valence-corrected chi connectivity index (χ4v) is 3.22. The summed E-state index contributed by atoms with van der Waals surface area (Å²) < 4.78 is 14.1. The van der Waals surface area contributed by atoms with Gasteiger partial charge in [-0.25, -0.2) is 4.39 Å². The van der Waals surface area contributed by atoms with Gasteiger partial charge in [-0.15, -0.1) is 0 Å². The monoisotopic (exact) mass is 312 g/mol. The first-order chi connectivity index (χ1) is 10.0. The summed E-state index contributed by atoms with van der Waals surface area (Å²) in [5, 5.41) is 4.08. The van der Waals surface area contributed by atoms with Crippen LogP contribution in [0, 0.1) is 11.7 Å². The predicted molar refractivity (Wildman–Crippen MR) is 87.1 cm³/mol. The largest absolute Gasteiger partial charge is 0.311 e. The molecule has 2 nitrogen and oxygen atoms in total. The summed E-state index contributed by atoms with van der Waals surface area (Å²) in [6, 6.07) is 5.97. The molecule has 0 aromatic heterocycles. The number of halogens is 2. The summed E-state index contributed by atoms with van der Waals surface area (Å²) in [6.07, 6.45) is 2.25. The van der Waals surface area contributed by atoms with E-state index in [1.807, 2.05) is 6.07 Å². The van der Waals surface area contributed by atoms with Crippen LogP contribution in [0.25, 0.3) is 0 Å². The van der Waals surface area contributed by atoms with E-state index < -0.39 is 0 Å². The molecule has 1 aromatic rings. The molecule has 4 heteroatoms. The number of hydrogen-bond acceptors (Lipinski definition) is 2. The Morgan fingerprint density at radius 3 is 2.81 bits per heavy atom. The van der Waals surface area contributed by atoms with Crippen LogP contribution in [0.3, 0.4) is 0 Å². The third kappa shape index (κ3) is 4.18. The number of piperazine rings is 1. The molecule has 2 rings (SSSR count). The molecule has 1 fully saturated rings. The van der Waals surface area contributed by atoms with Crippen molar-refractivity contribution in [2.45, 2.75) is 52.2 Å². The van der Waals surface area contributed by atoms with Crippen molar-refractivity contribution in [3.63, 3.8) is 0 Å². The van der Waals surface area contributed by atoms with Gasteiger partial charge in [0.1, 0.15) is 5.82 Å². The number of rotatable bonds is 5. The van der Waals surface area contributed by atoms with Crippen LogP contribution < -0.4 is 5.32 Å². The molecular weight excluding hydrogens is 287 g/mol. The summed E-state index contributed by atoms with van der Waals surface area (Å²) in [5.41, 5.74) is 0.740. The average Bonchev–Trinajstić information content (AvgIpc) is 2.49. The van der Waals surface area contributed by atoms with Crippen molar-refractivity contribution in [3.05, 3.63) is 34.6 Å². The van der Waals surface area contributed by atoms with Crippen LogP contribution >= 0.6 is 11.6 Å². The van der Waals surface area contributed by atoms with Crippen molar-refractivity contribution < 1.29 is 4.39 Å². The lowest BCUT2D eigenvalue weighted by Gasteiger charge is -2.43. The van der Waals surface area contributed by atoms with E-state index in [-0.39, 0.29) is 5.82 Å². The predicted octanol–water partition coefficient (Wildman–Crippen LogP) is 4.08.